The van der Waals surface area contributed by atoms with Crippen LogP contribution in [0.25, 0.3) is 5.65 Å². The topological polar surface area (TPSA) is 55.6 Å². The molecule has 5 heteroatoms. The Morgan fingerprint density at radius 3 is 3.00 bits per heavy atom. The third kappa shape index (κ3) is 3.88. The number of nitrogens with zero attached hydrogens (tertiary/aromatic N) is 2. The van der Waals surface area contributed by atoms with Crippen molar-refractivity contribution in [1.29, 1.82) is 0 Å². The molecule has 0 bridgehead atoms. The first-order chi connectivity index (χ1) is 11.2. The Labute approximate surface area is 134 Å². The summed E-state index contributed by atoms with van der Waals surface area (Å²) < 4.78 is 7.44. The summed E-state index contributed by atoms with van der Waals surface area (Å²) in [5, 5.41) is 2.82. The molecule has 0 aliphatic carbocycles. The molecule has 0 radical (unpaired) electrons. The van der Waals surface area contributed by atoms with Gasteiger partial charge in [0.15, 0.2) is 6.61 Å². The lowest BCUT2D eigenvalue weighted by atomic mass is 10.2. The van der Waals surface area contributed by atoms with Crippen molar-refractivity contribution in [3.63, 3.8) is 0 Å². The molecule has 1 N–H and O–H groups in total. The van der Waals surface area contributed by atoms with Crippen LogP contribution in [0.15, 0.2) is 54.9 Å². The summed E-state index contributed by atoms with van der Waals surface area (Å²) >= 11 is 0. The van der Waals surface area contributed by atoms with Gasteiger partial charge < -0.3 is 14.5 Å². The number of hydrogen-bond donors (Lipinski definition) is 1. The van der Waals surface area contributed by atoms with E-state index < -0.39 is 0 Å². The third-order valence-corrected chi connectivity index (χ3v) is 3.56. The number of amides is 1. The van der Waals surface area contributed by atoms with Crippen molar-refractivity contribution in [2.45, 2.75) is 19.9 Å². The molecular weight excluding hydrogens is 290 g/mol. The van der Waals surface area contributed by atoms with E-state index in [9.17, 15) is 4.79 Å². The maximum absolute atomic E-state index is 11.9. The number of pyridine rings is 1. The molecule has 1 amide bonds. The number of carbonyl (C=O) groups excluding carboxylic acids is 1. The van der Waals surface area contributed by atoms with E-state index in [4.69, 9.17) is 4.74 Å². The Hall–Kier alpha value is -2.82. The second-order valence-electron chi connectivity index (χ2n) is 5.26. The van der Waals surface area contributed by atoms with Crippen molar-refractivity contribution in [2.75, 3.05) is 6.61 Å². The van der Waals surface area contributed by atoms with Gasteiger partial charge in [0.05, 0.1) is 12.2 Å². The molecule has 2 aromatic heterocycles. The molecule has 0 fully saturated rings. The molecular formula is C18H19N3O2. The third-order valence-electron chi connectivity index (χ3n) is 3.56. The van der Waals surface area contributed by atoms with Crippen LogP contribution < -0.4 is 10.1 Å². The number of carbonyl (C=O) groups is 1. The smallest absolute Gasteiger partial charge is 0.258 e. The molecule has 1 aromatic carbocycles. The number of aromatic nitrogens is 2. The molecule has 3 rings (SSSR count). The molecule has 5 nitrogen and oxygen atoms in total. The van der Waals surface area contributed by atoms with Crippen LogP contribution in [0.1, 0.15) is 18.2 Å². The molecule has 0 aliphatic rings. The van der Waals surface area contributed by atoms with Gasteiger partial charge in [-0.1, -0.05) is 25.1 Å². The fraction of sp³-hybridized carbons (Fsp3) is 0.222. The van der Waals surface area contributed by atoms with Crippen molar-refractivity contribution < 1.29 is 9.53 Å². The second kappa shape index (κ2) is 6.96. The van der Waals surface area contributed by atoms with Crippen LogP contribution in [0.3, 0.4) is 0 Å². The quantitative estimate of drug-likeness (QED) is 0.761. The van der Waals surface area contributed by atoms with Gasteiger partial charge in [-0.3, -0.25) is 4.79 Å². The van der Waals surface area contributed by atoms with Crippen LogP contribution >= 0.6 is 0 Å². The summed E-state index contributed by atoms with van der Waals surface area (Å²) in [4.78, 5) is 16.3. The van der Waals surface area contributed by atoms with Gasteiger partial charge in [-0.15, -0.1) is 0 Å². The monoisotopic (exact) mass is 309 g/mol. The van der Waals surface area contributed by atoms with Crippen LogP contribution in [0.5, 0.6) is 5.75 Å². The Bertz CT molecular complexity index is 778. The average Bonchev–Trinajstić information content (AvgIpc) is 3.01. The van der Waals surface area contributed by atoms with Crippen LogP contribution in [0.2, 0.25) is 0 Å². The number of hydrogen-bond acceptors (Lipinski definition) is 3. The molecule has 23 heavy (non-hydrogen) atoms. The lowest BCUT2D eigenvalue weighted by Gasteiger charge is -2.07. The SMILES string of the molecule is CCc1cccc(OCC(=O)NCc2cn3ccccc3n2)c1. The van der Waals surface area contributed by atoms with E-state index in [1.54, 1.807) is 0 Å². The first kappa shape index (κ1) is 15.1. The molecule has 3 aromatic rings. The molecule has 0 unspecified atom stereocenters. The molecule has 0 spiro atoms. The van der Waals surface area contributed by atoms with Gasteiger partial charge >= 0.3 is 0 Å². The fourth-order valence-electron chi connectivity index (χ4n) is 2.32. The van der Waals surface area contributed by atoms with Crippen LogP contribution in [-0.4, -0.2) is 21.9 Å². The van der Waals surface area contributed by atoms with E-state index in [1.165, 1.54) is 5.56 Å². The van der Waals surface area contributed by atoms with Gasteiger partial charge in [-0.05, 0) is 36.2 Å². The lowest BCUT2D eigenvalue weighted by Crippen LogP contribution is -2.28. The number of rotatable bonds is 6. The highest BCUT2D eigenvalue weighted by atomic mass is 16.5. The van der Waals surface area contributed by atoms with E-state index in [2.05, 4.69) is 17.2 Å². The second-order valence-corrected chi connectivity index (χ2v) is 5.26. The predicted molar refractivity (Wildman–Crippen MR) is 88.4 cm³/mol. The normalized spacial score (nSPS) is 10.7. The van der Waals surface area contributed by atoms with E-state index in [0.717, 1.165) is 17.8 Å². The molecule has 0 aliphatic heterocycles. The van der Waals surface area contributed by atoms with Gasteiger partial charge in [0.1, 0.15) is 11.4 Å². The first-order valence-corrected chi connectivity index (χ1v) is 7.65. The number of benzene rings is 1. The Balaban J connectivity index is 1.51. The molecule has 0 saturated carbocycles. The first-order valence-electron chi connectivity index (χ1n) is 7.65. The van der Waals surface area contributed by atoms with Crippen molar-refractivity contribution in [3.05, 3.63) is 66.1 Å². The molecule has 0 saturated heterocycles. The average molecular weight is 309 g/mol. The number of fused-ring (bicyclic) bond motifs is 1. The zero-order valence-electron chi connectivity index (χ0n) is 13.0. The van der Waals surface area contributed by atoms with E-state index >= 15 is 0 Å². The Morgan fingerprint density at radius 2 is 2.17 bits per heavy atom. The Morgan fingerprint density at radius 1 is 1.26 bits per heavy atom. The molecule has 0 atom stereocenters. The van der Waals surface area contributed by atoms with Gasteiger partial charge in [0.2, 0.25) is 0 Å². The summed E-state index contributed by atoms with van der Waals surface area (Å²) in [6, 6.07) is 13.6. The van der Waals surface area contributed by atoms with Gasteiger partial charge in [0.25, 0.3) is 5.91 Å². The number of imidazole rings is 1. The minimum atomic E-state index is -0.163. The number of aryl methyl sites for hydroxylation is 1. The van der Waals surface area contributed by atoms with Crippen LogP contribution in [0, 0.1) is 0 Å². The van der Waals surface area contributed by atoms with Crippen molar-refractivity contribution >= 4 is 11.6 Å². The predicted octanol–water partition coefficient (Wildman–Crippen LogP) is 2.59. The number of nitrogens with one attached hydrogen (secondary N) is 1. The minimum Gasteiger partial charge on any atom is -0.484 e. The standard InChI is InChI=1S/C18H19N3O2/c1-2-14-6-5-7-16(10-14)23-13-18(22)19-11-15-12-21-9-4-3-8-17(21)20-15/h3-10,12H,2,11,13H2,1H3,(H,19,22). The van der Waals surface area contributed by atoms with Crippen LogP contribution in [-0.2, 0) is 17.8 Å². The van der Waals surface area contributed by atoms with Gasteiger partial charge in [-0.2, -0.15) is 0 Å². The van der Waals surface area contributed by atoms with Crippen molar-refractivity contribution in [2.24, 2.45) is 0 Å². The molecule has 118 valence electrons. The zero-order valence-corrected chi connectivity index (χ0v) is 13.0. The largest absolute Gasteiger partial charge is 0.484 e. The van der Waals surface area contributed by atoms with Gasteiger partial charge in [-0.25, -0.2) is 4.98 Å². The maximum atomic E-state index is 11.9. The minimum absolute atomic E-state index is 0.000535. The maximum Gasteiger partial charge on any atom is 0.258 e. The zero-order chi connectivity index (χ0) is 16.1. The lowest BCUT2D eigenvalue weighted by molar-refractivity contribution is -0.123. The number of ether oxygens (including phenoxy) is 1. The van der Waals surface area contributed by atoms with Gasteiger partial charge in [0, 0.05) is 12.4 Å². The summed E-state index contributed by atoms with van der Waals surface area (Å²) in [6.45, 7) is 2.47. The summed E-state index contributed by atoms with van der Waals surface area (Å²) in [5.74, 6) is 0.552. The van der Waals surface area contributed by atoms with E-state index in [1.807, 2.05) is 59.3 Å². The van der Waals surface area contributed by atoms with E-state index in [0.29, 0.717) is 12.3 Å². The highest BCUT2D eigenvalue weighted by Crippen LogP contribution is 2.13. The van der Waals surface area contributed by atoms with Crippen LogP contribution in [0.4, 0.5) is 0 Å². The highest BCUT2D eigenvalue weighted by Gasteiger charge is 2.05. The van der Waals surface area contributed by atoms with Crippen molar-refractivity contribution in [3.8, 4) is 5.75 Å². The molecule has 2 heterocycles. The summed E-state index contributed by atoms with van der Waals surface area (Å²) in [5.41, 5.74) is 2.87. The summed E-state index contributed by atoms with van der Waals surface area (Å²) in [6.07, 6.45) is 4.77. The Kier molecular flexibility index (Phi) is 4.57. The highest BCUT2D eigenvalue weighted by molar-refractivity contribution is 5.77. The fourth-order valence-corrected chi connectivity index (χ4v) is 2.32. The van der Waals surface area contributed by atoms with E-state index in [-0.39, 0.29) is 12.5 Å². The summed E-state index contributed by atoms with van der Waals surface area (Å²) in [7, 11) is 0. The van der Waals surface area contributed by atoms with Crippen molar-refractivity contribution in [1.82, 2.24) is 14.7 Å².